The molecular weight excluding hydrogens is 733 g/mol. The number of hydrogen-bond donors (Lipinski definition) is 0. The first kappa shape index (κ1) is 32.9. The van der Waals surface area contributed by atoms with Crippen molar-refractivity contribution < 1.29 is 8.83 Å². The number of aromatic nitrogens is 1. The maximum Gasteiger partial charge on any atom is 0.137 e. The van der Waals surface area contributed by atoms with Gasteiger partial charge in [0, 0.05) is 78.0 Å². The summed E-state index contributed by atoms with van der Waals surface area (Å²) >= 11 is 0. The van der Waals surface area contributed by atoms with Crippen molar-refractivity contribution in [2.24, 2.45) is 0 Å². The molecular formula is C56H34N2O2. The maximum absolute atomic E-state index is 6.42. The van der Waals surface area contributed by atoms with Crippen LogP contribution in [0.3, 0.4) is 0 Å². The Hall–Kier alpha value is -8.08. The molecule has 9 aromatic carbocycles. The van der Waals surface area contributed by atoms with E-state index in [1.54, 1.807) is 0 Å². The Morgan fingerprint density at radius 3 is 1.48 bits per heavy atom. The fraction of sp³-hybridized carbons (Fsp3) is 0. The normalized spacial score (nSPS) is 12.0. The lowest BCUT2D eigenvalue weighted by Crippen LogP contribution is -2.09. The monoisotopic (exact) mass is 766 g/mol. The predicted molar refractivity (Wildman–Crippen MR) is 250 cm³/mol. The fourth-order valence-corrected chi connectivity index (χ4v) is 9.73. The number of benzene rings is 9. The summed E-state index contributed by atoms with van der Waals surface area (Å²) in [6, 6.07) is 73.8. The van der Waals surface area contributed by atoms with Crippen molar-refractivity contribution in [1.29, 1.82) is 0 Å². The fourth-order valence-electron chi connectivity index (χ4n) is 9.73. The third kappa shape index (κ3) is 4.79. The molecule has 13 aromatic rings. The highest BCUT2D eigenvalue weighted by Gasteiger charge is 2.22. The zero-order valence-electron chi connectivity index (χ0n) is 32.3. The number of rotatable bonds is 5. The van der Waals surface area contributed by atoms with Crippen molar-refractivity contribution in [1.82, 2.24) is 4.40 Å². The molecule has 280 valence electrons. The molecule has 4 aromatic heterocycles. The van der Waals surface area contributed by atoms with Crippen molar-refractivity contribution in [2.45, 2.75) is 0 Å². The van der Waals surface area contributed by atoms with Gasteiger partial charge in [-0.2, -0.15) is 0 Å². The first-order chi connectivity index (χ1) is 29.8. The number of hydrogen-bond acceptors (Lipinski definition) is 3. The van der Waals surface area contributed by atoms with Gasteiger partial charge >= 0.3 is 0 Å². The molecule has 4 heteroatoms. The molecule has 0 bridgehead atoms. The van der Waals surface area contributed by atoms with Crippen LogP contribution in [-0.4, -0.2) is 4.40 Å². The molecule has 4 heterocycles. The van der Waals surface area contributed by atoms with Gasteiger partial charge in [0.25, 0.3) is 0 Å². The second-order valence-electron chi connectivity index (χ2n) is 15.6. The second kappa shape index (κ2) is 12.7. The van der Waals surface area contributed by atoms with Crippen LogP contribution in [0.4, 0.5) is 17.1 Å². The molecule has 0 N–H and O–H groups in total. The Bertz CT molecular complexity index is 3720. The standard InChI is InChI=1S/C56H34N2O2/c1-2-13-36(14-3-1)54-48-19-6-9-22-49(48)58-55-40(20-12-21-46(55)41-15-4-5-18-47(41)56(54)58)35-25-27-37(28-26-35)57(38-29-31-44-42-16-7-10-23-50(42)59-52(44)33-38)39-30-32-45-43-17-8-11-24-51(43)60-53(45)34-39/h1-34H. The van der Waals surface area contributed by atoms with E-state index in [0.29, 0.717) is 0 Å². The van der Waals surface area contributed by atoms with Crippen LogP contribution in [0.25, 0.3) is 104 Å². The van der Waals surface area contributed by atoms with Gasteiger partial charge in [-0.25, -0.2) is 0 Å². The molecule has 4 nitrogen and oxygen atoms in total. The molecule has 0 amide bonds. The van der Waals surface area contributed by atoms with Crippen LogP contribution >= 0.6 is 0 Å². The van der Waals surface area contributed by atoms with Crippen LogP contribution in [0.15, 0.2) is 215 Å². The largest absolute Gasteiger partial charge is 0.456 e. The van der Waals surface area contributed by atoms with Gasteiger partial charge in [0.15, 0.2) is 0 Å². The summed E-state index contributed by atoms with van der Waals surface area (Å²) in [5.74, 6) is 0. The summed E-state index contributed by atoms with van der Waals surface area (Å²) in [5, 5.41) is 9.37. The van der Waals surface area contributed by atoms with Crippen LogP contribution < -0.4 is 4.90 Å². The van der Waals surface area contributed by atoms with Crippen molar-refractivity contribution in [3.63, 3.8) is 0 Å². The Kier molecular flexibility index (Phi) is 6.98. The van der Waals surface area contributed by atoms with Crippen LogP contribution in [0.5, 0.6) is 0 Å². The highest BCUT2D eigenvalue weighted by molar-refractivity contribution is 6.23. The summed E-state index contributed by atoms with van der Waals surface area (Å²) in [6.07, 6.45) is 0. The molecule has 0 spiro atoms. The molecule has 0 aliphatic heterocycles. The number of furan rings is 2. The Morgan fingerprint density at radius 1 is 0.317 bits per heavy atom. The summed E-state index contributed by atoms with van der Waals surface area (Å²) in [7, 11) is 0. The number of anilines is 3. The van der Waals surface area contributed by atoms with E-state index in [1.807, 2.05) is 24.3 Å². The molecule has 0 saturated carbocycles. The lowest BCUT2D eigenvalue weighted by molar-refractivity contribution is 0.669. The average Bonchev–Trinajstić information content (AvgIpc) is 3.99. The van der Waals surface area contributed by atoms with Crippen LogP contribution in [-0.2, 0) is 0 Å². The van der Waals surface area contributed by atoms with Gasteiger partial charge in [-0.3, -0.25) is 0 Å². The van der Waals surface area contributed by atoms with Gasteiger partial charge in [-0.15, -0.1) is 0 Å². The maximum atomic E-state index is 6.42. The number of para-hydroxylation sites is 4. The van der Waals surface area contributed by atoms with Gasteiger partial charge in [-0.05, 0) is 71.1 Å². The number of nitrogens with zero attached hydrogens (tertiary/aromatic N) is 2. The zero-order valence-corrected chi connectivity index (χ0v) is 32.3. The first-order valence-corrected chi connectivity index (χ1v) is 20.4. The number of pyridine rings is 1. The molecule has 0 radical (unpaired) electrons. The summed E-state index contributed by atoms with van der Waals surface area (Å²) in [6.45, 7) is 0. The molecule has 0 saturated heterocycles. The molecule has 0 atom stereocenters. The highest BCUT2D eigenvalue weighted by Crippen LogP contribution is 2.46. The van der Waals surface area contributed by atoms with Crippen LogP contribution in [0.2, 0.25) is 0 Å². The SMILES string of the molecule is c1ccc(-c2c3ccccc3n3c4c(-c5ccc(N(c6ccc7c(c6)oc6ccccc67)c6ccc7c(c6)oc6ccccc67)cc5)cccc4c4ccccc4c23)cc1. The second-order valence-corrected chi connectivity index (χ2v) is 15.6. The van der Waals surface area contributed by atoms with Crippen molar-refractivity contribution in [2.75, 3.05) is 4.90 Å². The van der Waals surface area contributed by atoms with Crippen LogP contribution in [0, 0.1) is 0 Å². The van der Waals surface area contributed by atoms with E-state index in [4.69, 9.17) is 8.83 Å². The van der Waals surface area contributed by atoms with Gasteiger partial charge in [0.1, 0.15) is 22.3 Å². The lowest BCUT2D eigenvalue weighted by Gasteiger charge is -2.25. The molecule has 60 heavy (non-hydrogen) atoms. The minimum absolute atomic E-state index is 0.848. The quantitative estimate of drug-likeness (QED) is 0.164. The minimum Gasteiger partial charge on any atom is -0.456 e. The Balaban J connectivity index is 1.03. The van der Waals surface area contributed by atoms with Gasteiger partial charge < -0.3 is 18.1 Å². The van der Waals surface area contributed by atoms with E-state index in [1.165, 1.54) is 54.8 Å². The van der Waals surface area contributed by atoms with E-state index in [9.17, 15) is 0 Å². The minimum atomic E-state index is 0.848. The van der Waals surface area contributed by atoms with E-state index < -0.39 is 0 Å². The predicted octanol–water partition coefficient (Wildman–Crippen LogP) is 16.0. The van der Waals surface area contributed by atoms with Gasteiger partial charge in [-0.1, -0.05) is 140 Å². The van der Waals surface area contributed by atoms with E-state index in [0.717, 1.165) is 66.5 Å². The molecule has 0 fully saturated rings. The highest BCUT2D eigenvalue weighted by atomic mass is 16.3. The summed E-state index contributed by atoms with van der Waals surface area (Å²) < 4.78 is 15.4. The summed E-state index contributed by atoms with van der Waals surface area (Å²) in [4.78, 5) is 2.30. The van der Waals surface area contributed by atoms with E-state index in [-0.39, 0.29) is 0 Å². The van der Waals surface area contributed by atoms with E-state index >= 15 is 0 Å². The third-order valence-corrected chi connectivity index (χ3v) is 12.3. The van der Waals surface area contributed by atoms with Crippen LogP contribution in [0.1, 0.15) is 0 Å². The molecule has 0 aliphatic carbocycles. The van der Waals surface area contributed by atoms with Gasteiger partial charge in [0.2, 0.25) is 0 Å². The molecule has 13 rings (SSSR count). The Morgan fingerprint density at radius 2 is 0.817 bits per heavy atom. The summed E-state index contributed by atoms with van der Waals surface area (Å²) in [5.41, 5.74) is 14.9. The number of fused-ring (bicyclic) bond motifs is 14. The van der Waals surface area contributed by atoms with Crippen molar-refractivity contribution >= 4 is 99.0 Å². The Labute approximate surface area is 344 Å². The smallest absolute Gasteiger partial charge is 0.137 e. The van der Waals surface area contributed by atoms with Crippen molar-refractivity contribution in [3.05, 3.63) is 206 Å². The lowest BCUT2D eigenvalue weighted by atomic mass is 9.96. The first-order valence-electron chi connectivity index (χ1n) is 20.4. The van der Waals surface area contributed by atoms with Gasteiger partial charge in [0.05, 0.1) is 16.6 Å². The van der Waals surface area contributed by atoms with Crippen molar-refractivity contribution in [3.8, 4) is 22.3 Å². The molecule has 0 unspecified atom stereocenters. The average molecular weight is 767 g/mol. The third-order valence-electron chi connectivity index (χ3n) is 12.3. The molecule has 0 aliphatic rings. The topological polar surface area (TPSA) is 33.9 Å². The van der Waals surface area contributed by atoms with E-state index in [2.05, 4.69) is 191 Å². The zero-order chi connectivity index (χ0) is 39.3.